The average molecular weight is 368 g/mol. The van der Waals surface area contributed by atoms with Crippen molar-refractivity contribution in [2.75, 3.05) is 7.05 Å². The van der Waals surface area contributed by atoms with Crippen molar-refractivity contribution < 1.29 is 4.79 Å². The van der Waals surface area contributed by atoms with Crippen LogP contribution >= 0.6 is 0 Å². The number of rotatable bonds is 2. The Labute approximate surface area is 163 Å². The molecule has 28 heavy (non-hydrogen) atoms. The molecule has 1 aliphatic rings. The SMILES string of the molecule is CN1C(=O)[C@H](c2cccc3ccccc23)[C@@](C)(c2cccc(C#N)c2)N=C1N. The van der Waals surface area contributed by atoms with Gasteiger partial charge in [0, 0.05) is 7.05 Å². The molecule has 1 amide bonds. The Bertz CT molecular complexity index is 1160. The van der Waals surface area contributed by atoms with Crippen LogP contribution in [0.4, 0.5) is 0 Å². The van der Waals surface area contributed by atoms with Crippen molar-refractivity contribution in [3.05, 3.63) is 83.4 Å². The van der Waals surface area contributed by atoms with Crippen LogP contribution < -0.4 is 5.73 Å². The van der Waals surface area contributed by atoms with Crippen molar-refractivity contribution in [3.8, 4) is 6.07 Å². The molecule has 4 rings (SSSR count). The molecule has 0 saturated carbocycles. The quantitative estimate of drug-likeness (QED) is 0.751. The third-order valence-corrected chi connectivity index (χ3v) is 5.54. The number of amides is 1. The molecule has 2 atom stereocenters. The minimum absolute atomic E-state index is 0.117. The molecule has 0 bridgehead atoms. The number of hydrogen-bond donors (Lipinski definition) is 1. The molecular weight excluding hydrogens is 348 g/mol. The zero-order chi connectivity index (χ0) is 19.9. The summed E-state index contributed by atoms with van der Waals surface area (Å²) in [5, 5.41) is 11.4. The predicted octanol–water partition coefficient (Wildman–Crippen LogP) is 3.50. The first-order valence-corrected chi connectivity index (χ1v) is 9.07. The van der Waals surface area contributed by atoms with E-state index in [0.717, 1.165) is 21.9 Å². The lowest BCUT2D eigenvalue weighted by atomic mass is 9.73. The lowest BCUT2D eigenvalue weighted by Gasteiger charge is -2.41. The van der Waals surface area contributed by atoms with E-state index in [1.165, 1.54) is 4.90 Å². The summed E-state index contributed by atoms with van der Waals surface area (Å²) in [5.74, 6) is -0.509. The van der Waals surface area contributed by atoms with Crippen LogP contribution in [0.5, 0.6) is 0 Å². The molecule has 0 radical (unpaired) electrons. The number of fused-ring (bicyclic) bond motifs is 1. The topological polar surface area (TPSA) is 82.5 Å². The van der Waals surface area contributed by atoms with E-state index in [0.29, 0.717) is 5.56 Å². The van der Waals surface area contributed by atoms with Gasteiger partial charge in [-0.05, 0) is 41.0 Å². The Hall–Kier alpha value is -3.65. The second kappa shape index (κ2) is 6.50. The standard InChI is InChI=1S/C23H20N4O/c1-23(17-10-5-7-15(13-17)14-24)20(21(28)27(2)22(25)26-23)19-12-6-9-16-8-3-4-11-18(16)19/h3-13,20H,1-2H3,(H2,25,26)/t20-,23+/m0/s1. The van der Waals surface area contributed by atoms with Gasteiger partial charge in [-0.3, -0.25) is 9.69 Å². The monoisotopic (exact) mass is 368 g/mol. The van der Waals surface area contributed by atoms with Crippen LogP contribution in [0.1, 0.15) is 29.5 Å². The molecule has 3 aromatic rings. The van der Waals surface area contributed by atoms with Crippen LogP contribution in [-0.4, -0.2) is 23.8 Å². The molecule has 1 aliphatic heterocycles. The van der Waals surface area contributed by atoms with Crippen LogP contribution in [0, 0.1) is 11.3 Å². The number of carbonyl (C=O) groups is 1. The highest BCUT2D eigenvalue weighted by atomic mass is 16.2. The minimum atomic E-state index is -0.926. The molecule has 0 fully saturated rings. The van der Waals surface area contributed by atoms with Crippen LogP contribution in [0.2, 0.25) is 0 Å². The number of likely N-dealkylation sites (N-methyl/N-ethyl adjacent to an activating group) is 1. The van der Waals surface area contributed by atoms with Crippen LogP contribution in [-0.2, 0) is 10.3 Å². The van der Waals surface area contributed by atoms with E-state index in [1.807, 2.05) is 61.5 Å². The fourth-order valence-electron chi connectivity index (χ4n) is 4.00. The Kier molecular flexibility index (Phi) is 4.12. The van der Waals surface area contributed by atoms with E-state index in [9.17, 15) is 10.1 Å². The fraction of sp³-hybridized carbons (Fsp3) is 0.174. The van der Waals surface area contributed by atoms with Gasteiger partial charge in [-0.15, -0.1) is 0 Å². The molecule has 3 aromatic carbocycles. The maximum absolute atomic E-state index is 13.4. The van der Waals surface area contributed by atoms with E-state index in [1.54, 1.807) is 19.2 Å². The maximum Gasteiger partial charge on any atom is 0.239 e. The number of nitrogens with zero attached hydrogens (tertiary/aromatic N) is 3. The molecule has 5 heteroatoms. The largest absolute Gasteiger partial charge is 0.369 e. The van der Waals surface area contributed by atoms with Crippen LogP contribution in [0.3, 0.4) is 0 Å². The van der Waals surface area contributed by atoms with Crippen molar-refractivity contribution in [1.29, 1.82) is 5.26 Å². The average Bonchev–Trinajstić information content (AvgIpc) is 2.72. The summed E-state index contributed by atoms with van der Waals surface area (Å²) in [6.45, 7) is 1.91. The minimum Gasteiger partial charge on any atom is -0.369 e. The van der Waals surface area contributed by atoms with Gasteiger partial charge in [-0.1, -0.05) is 54.6 Å². The molecule has 138 valence electrons. The molecule has 0 unspecified atom stereocenters. The molecule has 2 N–H and O–H groups in total. The van der Waals surface area contributed by atoms with E-state index in [-0.39, 0.29) is 11.9 Å². The van der Waals surface area contributed by atoms with Gasteiger partial charge in [0.05, 0.1) is 17.6 Å². The summed E-state index contributed by atoms with van der Waals surface area (Å²) in [7, 11) is 1.64. The van der Waals surface area contributed by atoms with Gasteiger partial charge in [0.25, 0.3) is 0 Å². The molecule has 5 nitrogen and oxygen atoms in total. The smallest absolute Gasteiger partial charge is 0.239 e. The summed E-state index contributed by atoms with van der Waals surface area (Å²) >= 11 is 0. The predicted molar refractivity (Wildman–Crippen MR) is 110 cm³/mol. The van der Waals surface area contributed by atoms with Crippen molar-refractivity contribution >= 4 is 22.6 Å². The Morgan fingerprint density at radius 3 is 2.61 bits per heavy atom. The maximum atomic E-state index is 13.4. The summed E-state index contributed by atoms with van der Waals surface area (Å²) in [6.07, 6.45) is 0. The first-order chi connectivity index (χ1) is 13.5. The first-order valence-electron chi connectivity index (χ1n) is 9.07. The van der Waals surface area contributed by atoms with Gasteiger partial charge < -0.3 is 5.73 Å². The van der Waals surface area contributed by atoms with Gasteiger partial charge in [0.2, 0.25) is 5.91 Å². The Morgan fingerprint density at radius 1 is 1.11 bits per heavy atom. The molecule has 1 heterocycles. The highest BCUT2D eigenvalue weighted by molar-refractivity contribution is 6.04. The highest BCUT2D eigenvalue weighted by Crippen LogP contribution is 2.45. The van der Waals surface area contributed by atoms with Crippen molar-refractivity contribution in [3.63, 3.8) is 0 Å². The fourth-order valence-corrected chi connectivity index (χ4v) is 4.00. The summed E-state index contributed by atoms with van der Waals surface area (Å²) in [6, 6.07) is 23.4. The zero-order valence-corrected chi connectivity index (χ0v) is 15.8. The first kappa shape index (κ1) is 17.7. The van der Waals surface area contributed by atoms with Gasteiger partial charge in [-0.25, -0.2) is 4.99 Å². The number of aliphatic imine (C=N–C) groups is 1. The van der Waals surface area contributed by atoms with Gasteiger partial charge in [0.1, 0.15) is 5.54 Å². The zero-order valence-electron chi connectivity index (χ0n) is 15.8. The van der Waals surface area contributed by atoms with Crippen LogP contribution in [0.15, 0.2) is 71.7 Å². The summed E-state index contributed by atoms with van der Waals surface area (Å²) in [4.78, 5) is 19.6. The van der Waals surface area contributed by atoms with Crippen molar-refractivity contribution in [1.82, 2.24) is 4.90 Å². The van der Waals surface area contributed by atoms with E-state index in [4.69, 9.17) is 10.7 Å². The second-order valence-corrected chi connectivity index (χ2v) is 7.21. The van der Waals surface area contributed by atoms with Gasteiger partial charge in [0.15, 0.2) is 5.96 Å². The van der Waals surface area contributed by atoms with Crippen molar-refractivity contribution in [2.24, 2.45) is 10.7 Å². The van der Waals surface area contributed by atoms with E-state index >= 15 is 0 Å². The number of guanidine groups is 1. The lowest BCUT2D eigenvalue weighted by molar-refractivity contribution is -0.130. The molecule has 0 aliphatic carbocycles. The third-order valence-electron chi connectivity index (χ3n) is 5.54. The van der Waals surface area contributed by atoms with E-state index < -0.39 is 11.5 Å². The van der Waals surface area contributed by atoms with Gasteiger partial charge >= 0.3 is 0 Å². The number of nitriles is 1. The number of carbonyl (C=O) groups excluding carboxylic acids is 1. The number of hydrogen-bond acceptors (Lipinski definition) is 4. The molecular formula is C23H20N4O. The second-order valence-electron chi connectivity index (χ2n) is 7.21. The third kappa shape index (κ3) is 2.62. The van der Waals surface area contributed by atoms with Gasteiger partial charge in [-0.2, -0.15) is 5.26 Å². The Morgan fingerprint density at radius 2 is 1.82 bits per heavy atom. The molecule has 0 aromatic heterocycles. The summed E-state index contributed by atoms with van der Waals surface area (Å²) in [5.41, 5.74) is 7.38. The Balaban J connectivity index is 2.02. The molecule has 0 saturated heterocycles. The highest BCUT2D eigenvalue weighted by Gasteiger charge is 2.47. The lowest BCUT2D eigenvalue weighted by Crippen LogP contribution is -2.52. The number of benzene rings is 3. The molecule has 0 spiro atoms. The number of nitrogens with two attached hydrogens (primary N) is 1. The van der Waals surface area contributed by atoms with Crippen LogP contribution in [0.25, 0.3) is 10.8 Å². The summed E-state index contributed by atoms with van der Waals surface area (Å²) < 4.78 is 0. The van der Waals surface area contributed by atoms with E-state index in [2.05, 4.69) is 6.07 Å². The van der Waals surface area contributed by atoms with Crippen molar-refractivity contribution in [2.45, 2.75) is 18.4 Å². The normalized spacial score (nSPS) is 22.0.